The summed E-state index contributed by atoms with van der Waals surface area (Å²) in [6, 6.07) is 11.4. The van der Waals surface area contributed by atoms with E-state index in [4.69, 9.17) is 0 Å². The number of carbonyl (C=O) groups excluding carboxylic acids is 1. The number of sulfonamides is 1. The van der Waals surface area contributed by atoms with Crippen LogP contribution in [0.2, 0.25) is 0 Å². The predicted octanol–water partition coefficient (Wildman–Crippen LogP) is 3.06. The number of rotatable bonds is 4. The second-order valence-electron chi connectivity index (χ2n) is 9.12. The Kier molecular flexibility index (Phi) is 6.30. The van der Waals surface area contributed by atoms with Crippen LogP contribution in [0, 0.1) is 19.8 Å². The Morgan fingerprint density at radius 1 is 1.00 bits per heavy atom. The molecule has 2 aliphatic rings. The number of piperazine rings is 1. The maximum absolute atomic E-state index is 13.4. The van der Waals surface area contributed by atoms with Crippen molar-refractivity contribution in [2.24, 2.45) is 5.92 Å². The van der Waals surface area contributed by atoms with Crippen LogP contribution >= 0.6 is 11.7 Å². The van der Waals surface area contributed by atoms with E-state index in [0.29, 0.717) is 43.5 Å². The number of piperidine rings is 1. The number of fused-ring (bicyclic) bond motifs is 1. The van der Waals surface area contributed by atoms with Crippen molar-refractivity contribution in [2.45, 2.75) is 31.6 Å². The van der Waals surface area contributed by atoms with Crippen molar-refractivity contribution in [1.29, 1.82) is 0 Å². The molecular formula is C24H29N5O3S2. The molecule has 180 valence electrons. The minimum Gasteiger partial charge on any atom is -0.368 e. The van der Waals surface area contributed by atoms with Crippen LogP contribution in [-0.2, 0) is 14.8 Å². The number of anilines is 1. The van der Waals surface area contributed by atoms with Gasteiger partial charge in [0.2, 0.25) is 15.9 Å². The Labute approximate surface area is 204 Å². The van der Waals surface area contributed by atoms with E-state index < -0.39 is 10.0 Å². The molecule has 0 bridgehead atoms. The van der Waals surface area contributed by atoms with Crippen molar-refractivity contribution < 1.29 is 13.2 Å². The van der Waals surface area contributed by atoms with E-state index in [0.717, 1.165) is 24.8 Å². The molecule has 2 saturated heterocycles. The van der Waals surface area contributed by atoms with E-state index in [1.54, 1.807) is 18.2 Å². The zero-order valence-electron chi connectivity index (χ0n) is 19.5. The van der Waals surface area contributed by atoms with Gasteiger partial charge in [-0.15, -0.1) is 0 Å². The molecule has 2 aliphatic heterocycles. The molecule has 2 fully saturated rings. The van der Waals surface area contributed by atoms with Crippen LogP contribution in [0.5, 0.6) is 0 Å². The number of benzene rings is 2. The zero-order chi connectivity index (χ0) is 23.9. The Bertz CT molecular complexity index is 1320. The largest absolute Gasteiger partial charge is 0.368 e. The van der Waals surface area contributed by atoms with Crippen LogP contribution in [-0.4, -0.2) is 71.5 Å². The van der Waals surface area contributed by atoms with E-state index in [2.05, 4.69) is 45.7 Å². The van der Waals surface area contributed by atoms with Gasteiger partial charge in [-0.3, -0.25) is 4.79 Å². The summed E-state index contributed by atoms with van der Waals surface area (Å²) in [5.74, 6) is -0.252. The fraction of sp³-hybridized carbons (Fsp3) is 0.458. The van der Waals surface area contributed by atoms with E-state index in [-0.39, 0.29) is 23.3 Å². The molecule has 0 N–H and O–H groups in total. The highest BCUT2D eigenvalue weighted by molar-refractivity contribution is 7.89. The smallest absolute Gasteiger partial charge is 0.245 e. The standard InChI is InChI=1S/C24H29N5O3S2/c1-17-6-3-9-21(18(17)2)27-12-14-28(15-13-27)24(30)19-7-5-11-29(16-19)34(31,32)22-10-4-8-20-23(22)26-33-25-20/h3-4,6,8-10,19H,5,7,11-16H2,1-2H3/t19-/m1/s1. The van der Waals surface area contributed by atoms with E-state index in [1.807, 2.05) is 4.90 Å². The Hall–Kier alpha value is -2.56. The number of nitrogens with zero attached hydrogens (tertiary/aromatic N) is 5. The summed E-state index contributed by atoms with van der Waals surface area (Å²) in [5, 5.41) is 0. The first-order chi connectivity index (χ1) is 16.4. The fourth-order valence-corrected chi connectivity index (χ4v) is 7.27. The van der Waals surface area contributed by atoms with E-state index >= 15 is 0 Å². The molecule has 0 saturated carbocycles. The van der Waals surface area contributed by atoms with Gasteiger partial charge in [0.05, 0.1) is 17.6 Å². The molecule has 8 nitrogen and oxygen atoms in total. The van der Waals surface area contributed by atoms with Gasteiger partial charge in [-0.2, -0.15) is 13.1 Å². The first-order valence-corrected chi connectivity index (χ1v) is 13.8. The first kappa shape index (κ1) is 23.2. The van der Waals surface area contributed by atoms with Gasteiger partial charge in [0, 0.05) is 45.0 Å². The van der Waals surface area contributed by atoms with Crippen molar-refractivity contribution in [3.05, 3.63) is 47.5 Å². The number of hydrogen-bond acceptors (Lipinski definition) is 7. The lowest BCUT2D eigenvalue weighted by molar-refractivity contribution is -0.137. The maximum atomic E-state index is 13.4. The van der Waals surface area contributed by atoms with Gasteiger partial charge in [-0.05, 0) is 56.0 Å². The van der Waals surface area contributed by atoms with Crippen molar-refractivity contribution in [3.8, 4) is 0 Å². The van der Waals surface area contributed by atoms with Crippen molar-refractivity contribution in [3.63, 3.8) is 0 Å². The summed E-state index contributed by atoms with van der Waals surface area (Å²) in [7, 11) is -3.75. The number of carbonyl (C=O) groups is 1. The van der Waals surface area contributed by atoms with Crippen LogP contribution < -0.4 is 4.90 Å². The average molecular weight is 500 g/mol. The summed E-state index contributed by atoms with van der Waals surface area (Å²) < 4.78 is 36.7. The number of amides is 1. The Morgan fingerprint density at radius 2 is 1.76 bits per heavy atom. The molecule has 1 atom stereocenters. The molecule has 0 radical (unpaired) electrons. The Morgan fingerprint density at radius 3 is 2.56 bits per heavy atom. The quantitative estimate of drug-likeness (QED) is 0.548. The lowest BCUT2D eigenvalue weighted by Crippen LogP contribution is -2.53. The highest BCUT2D eigenvalue weighted by atomic mass is 32.2. The third-order valence-corrected chi connectivity index (χ3v) is 9.55. The molecule has 1 amide bonds. The number of hydrogen-bond donors (Lipinski definition) is 0. The third kappa shape index (κ3) is 4.18. The van der Waals surface area contributed by atoms with Crippen LogP contribution in [0.25, 0.3) is 11.0 Å². The van der Waals surface area contributed by atoms with Gasteiger partial charge in [-0.1, -0.05) is 18.2 Å². The molecule has 0 unspecified atom stereocenters. The Balaban J connectivity index is 1.27. The molecule has 1 aromatic heterocycles. The zero-order valence-corrected chi connectivity index (χ0v) is 21.1. The SMILES string of the molecule is Cc1cccc(N2CCN(C(=O)[C@@H]3CCCN(S(=O)(=O)c4cccc5nsnc45)C3)CC2)c1C. The molecule has 3 heterocycles. The molecule has 0 spiro atoms. The highest BCUT2D eigenvalue weighted by Crippen LogP contribution is 2.29. The van der Waals surface area contributed by atoms with Gasteiger partial charge >= 0.3 is 0 Å². The van der Waals surface area contributed by atoms with Gasteiger partial charge in [-0.25, -0.2) is 8.42 Å². The monoisotopic (exact) mass is 499 g/mol. The second-order valence-corrected chi connectivity index (χ2v) is 11.6. The fourth-order valence-electron chi connectivity index (χ4n) is 5.00. The lowest BCUT2D eigenvalue weighted by atomic mass is 9.97. The van der Waals surface area contributed by atoms with Crippen LogP contribution in [0.3, 0.4) is 0 Å². The minimum absolute atomic E-state index is 0.0639. The second kappa shape index (κ2) is 9.24. The first-order valence-electron chi connectivity index (χ1n) is 11.7. The lowest BCUT2D eigenvalue weighted by Gasteiger charge is -2.40. The van der Waals surface area contributed by atoms with E-state index in [9.17, 15) is 13.2 Å². The molecule has 5 rings (SSSR count). The van der Waals surface area contributed by atoms with Gasteiger partial charge in [0.1, 0.15) is 15.9 Å². The number of aromatic nitrogens is 2. The van der Waals surface area contributed by atoms with Crippen LogP contribution in [0.1, 0.15) is 24.0 Å². The summed E-state index contributed by atoms with van der Waals surface area (Å²) in [4.78, 5) is 17.8. The van der Waals surface area contributed by atoms with Crippen LogP contribution in [0.4, 0.5) is 5.69 Å². The molecule has 3 aromatic rings. The van der Waals surface area contributed by atoms with Gasteiger partial charge in [0.25, 0.3) is 0 Å². The molecule has 0 aliphatic carbocycles. The molecular weight excluding hydrogens is 470 g/mol. The molecule has 34 heavy (non-hydrogen) atoms. The number of aryl methyl sites for hydroxylation is 1. The summed E-state index contributed by atoms with van der Waals surface area (Å²) in [6.45, 7) is 7.76. The van der Waals surface area contributed by atoms with Gasteiger partial charge < -0.3 is 9.80 Å². The van der Waals surface area contributed by atoms with Gasteiger partial charge in [0.15, 0.2) is 0 Å². The minimum atomic E-state index is -3.75. The van der Waals surface area contributed by atoms with Crippen molar-refractivity contribution >= 4 is 44.4 Å². The maximum Gasteiger partial charge on any atom is 0.245 e. The average Bonchev–Trinajstić information content (AvgIpc) is 3.34. The highest BCUT2D eigenvalue weighted by Gasteiger charge is 2.37. The van der Waals surface area contributed by atoms with Crippen LogP contribution in [0.15, 0.2) is 41.3 Å². The molecule has 2 aromatic carbocycles. The summed E-state index contributed by atoms with van der Waals surface area (Å²) in [5.41, 5.74) is 4.76. The summed E-state index contributed by atoms with van der Waals surface area (Å²) >= 11 is 1.01. The summed E-state index contributed by atoms with van der Waals surface area (Å²) in [6.07, 6.45) is 1.38. The van der Waals surface area contributed by atoms with Crippen molar-refractivity contribution in [2.75, 3.05) is 44.2 Å². The normalized spacial score (nSPS) is 20.1. The topological polar surface area (TPSA) is 86.7 Å². The predicted molar refractivity (Wildman–Crippen MR) is 134 cm³/mol. The third-order valence-electron chi connectivity index (χ3n) is 7.11. The molecule has 10 heteroatoms. The van der Waals surface area contributed by atoms with Crippen molar-refractivity contribution in [1.82, 2.24) is 18.0 Å². The van der Waals surface area contributed by atoms with E-state index in [1.165, 1.54) is 21.1 Å².